The minimum Gasteiger partial charge on any atom is -0.346 e. The van der Waals surface area contributed by atoms with Gasteiger partial charge in [-0.2, -0.15) is 0 Å². The summed E-state index contributed by atoms with van der Waals surface area (Å²) in [5, 5.41) is 3.02. The second-order valence-electron chi connectivity index (χ2n) is 9.87. The van der Waals surface area contributed by atoms with E-state index in [0.29, 0.717) is 11.3 Å². The summed E-state index contributed by atoms with van der Waals surface area (Å²) in [6.07, 6.45) is 1.19. The van der Waals surface area contributed by atoms with Crippen molar-refractivity contribution in [1.82, 2.24) is 5.32 Å². The SMILES string of the molecule is Cc1ccc(CN(c2ccc(C(=O)N[C@H](C)c3ccc(C(C)(C)C)cc3)cc2)S(C)(=O)=O)cc1. The zero-order valence-corrected chi connectivity index (χ0v) is 21.6. The first-order chi connectivity index (χ1) is 15.8. The van der Waals surface area contributed by atoms with E-state index in [1.165, 1.54) is 16.1 Å². The molecule has 0 unspecified atom stereocenters. The fourth-order valence-electron chi connectivity index (χ4n) is 3.67. The van der Waals surface area contributed by atoms with E-state index in [2.05, 4.69) is 38.2 Å². The Morgan fingerprint density at radius 1 is 0.912 bits per heavy atom. The van der Waals surface area contributed by atoms with Crippen LogP contribution in [0.5, 0.6) is 0 Å². The van der Waals surface area contributed by atoms with E-state index >= 15 is 0 Å². The van der Waals surface area contributed by atoms with Crippen LogP contribution in [-0.4, -0.2) is 20.6 Å². The number of nitrogens with one attached hydrogen (secondary N) is 1. The van der Waals surface area contributed by atoms with E-state index in [0.717, 1.165) is 16.7 Å². The maximum absolute atomic E-state index is 12.8. The van der Waals surface area contributed by atoms with Gasteiger partial charge in [-0.15, -0.1) is 0 Å². The maximum atomic E-state index is 12.8. The molecule has 3 rings (SSSR count). The van der Waals surface area contributed by atoms with Gasteiger partial charge in [0.05, 0.1) is 24.5 Å². The lowest BCUT2D eigenvalue weighted by molar-refractivity contribution is 0.0940. The highest BCUT2D eigenvalue weighted by atomic mass is 32.2. The van der Waals surface area contributed by atoms with Gasteiger partial charge in [-0.1, -0.05) is 74.9 Å². The highest BCUT2D eigenvalue weighted by Gasteiger charge is 2.19. The van der Waals surface area contributed by atoms with Gasteiger partial charge >= 0.3 is 0 Å². The molecule has 3 aromatic carbocycles. The van der Waals surface area contributed by atoms with Crippen LogP contribution in [0.2, 0.25) is 0 Å². The Morgan fingerprint density at radius 2 is 1.47 bits per heavy atom. The third-order valence-corrected chi connectivity index (χ3v) is 7.03. The molecule has 0 aliphatic heterocycles. The van der Waals surface area contributed by atoms with Crippen LogP contribution in [0.15, 0.2) is 72.8 Å². The molecular weight excluding hydrogens is 444 g/mol. The molecular formula is C28H34N2O3S. The summed E-state index contributed by atoms with van der Waals surface area (Å²) < 4.78 is 26.3. The van der Waals surface area contributed by atoms with Crippen molar-refractivity contribution in [3.05, 3.63) is 101 Å². The number of carbonyl (C=O) groups is 1. The molecule has 0 aliphatic rings. The molecule has 6 heteroatoms. The lowest BCUT2D eigenvalue weighted by Crippen LogP contribution is -2.29. The Balaban J connectivity index is 1.72. The number of benzene rings is 3. The van der Waals surface area contributed by atoms with E-state index in [-0.39, 0.29) is 23.9 Å². The number of aryl methyl sites for hydroxylation is 1. The number of carbonyl (C=O) groups excluding carboxylic acids is 1. The highest BCUT2D eigenvalue weighted by molar-refractivity contribution is 7.92. The Hall–Kier alpha value is -3.12. The topological polar surface area (TPSA) is 66.5 Å². The van der Waals surface area contributed by atoms with Crippen LogP contribution < -0.4 is 9.62 Å². The summed E-state index contributed by atoms with van der Waals surface area (Å²) in [6.45, 7) is 10.7. The monoisotopic (exact) mass is 478 g/mol. The fourth-order valence-corrected chi connectivity index (χ4v) is 4.56. The largest absolute Gasteiger partial charge is 0.346 e. The summed E-state index contributed by atoms with van der Waals surface area (Å²) in [6, 6.07) is 22.6. The maximum Gasteiger partial charge on any atom is 0.251 e. The molecule has 180 valence electrons. The van der Waals surface area contributed by atoms with Crippen LogP contribution in [0.1, 0.15) is 66.3 Å². The zero-order valence-electron chi connectivity index (χ0n) is 20.8. The zero-order chi connectivity index (χ0) is 25.1. The molecule has 0 bridgehead atoms. The molecule has 1 amide bonds. The van der Waals surface area contributed by atoms with Crippen LogP contribution >= 0.6 is 0 Å². The molecule has 0 heterocycles. The molecule has 34 heavy (non-hydrogen) atoms. The first-order valence-corrected chi connectivity index (χ1v) is 13.2. The number of hydrogen-bond donors (Lipinski definition) is 1. The van der Waals surface area contributed by atoms with Crippen LogP contribution in [0.3, 0.4) is 0 Å². The van der Waals surface area contributed by atoms with E-state index in [9.17, 15) is 13.2 Å². The quantitative estimate of drug-likeness (QED) is 0.470. The summed E-state index contributed by atoms with van der Waals surface area (Å²) in [7, 11) is -3.50. The van der Waals surface area contributed by atoms with Crippen molar-refractivity contribution >= 4 is 21.6 Å². The summed E-state index contributed by atoms with van der Waals surface area (Å²) in [5.74, 6) is -0.205. The van der Waals surface area contributed by atoms with Crippen LogP contribution in [0.25, 0.3) is 0 Å². The van der Waals surface area contributed by atoms with Crippen LogP contribution in [0.4, 0.5) is 5.69 Å². The fraction of sp³-hybridized carbons (Fsp3) is 0.321. The second-order valence-corrected chi connectivity index (χ2v) is 11.8. The minimum absolute atomic E-state index is 0.0755. The van der Waals surface area contributed by atoms with Gasteiger partial charge in [-0.05, 0) is 60.2 Å². The Bertz CT molecular complexity index is 1220. The smallest absolute Gasteiger partial charge is 0.251 e. The second kappa shape index (κ2) is 10.0. The number of amides is 1. The molecule has 0 aromatic heterocycles. The van der Waals surface area contributed by atoms with Gasteiger partial charge in [0.25, 0.3) is 5.91 Å². The van der Waals surface area contributed by atoms with Crippen molar-refractivity contribution in [3.8, 4) is 0 Å². The molecule has 0 radical (unpaired) electrons. The van der Waals surface area contributed by atoms with Crippen molar-refractivity contribution in [2.45, 2.75) is 52.6 Å². The number of rotatable bonds is 7. The number of sulfonamides is 1. The summed E-state index contributed by atoms with van der Waals surface area (Å²) >= 11 is 0. The van der Waals surface area contributed by atoms with E-state index in [1.54, 1.807) is 24.3 Å². The Morgan fingerprint density at radius 3 is 1.97 bits per heavy atom. The van der Waals surface area contributed by atoms with Gasteiger partial charge in [-0.25, -0.2) is 8.42 Å². The van der Waals surface area contributed by atoms with Gasteiger partial charge < -0.3 is 5.32 Å². The van der Waals surface area contributed by atoms with Gasteiger partial charge in [-0.3, -0.25) is 9.10 Å². The molecule has 5 nitrogen and oxygen atoms in total. The number of nitrogens with zero attached hydrogens (tertiary/aromatic N) is 1. The third kappa shape index (κ3) is 6.48. The average molecular weight is 479 g/mol. The number of anilines is 1. The van der Waals surface area contributed by atoms with Crippen molar-refractivity contribution < 1.29 is 13.2 Å². The predicted octanol–water partition coefficient (Wildman–Crippen LogP) is 5.75. The lowest BCUT2D eigenvalue weighted by atomic mass is 9.86. The molecule has 0 saturated carbocycles. The minimum atomic E-state index is -3.50. The van der Waals surface area contributed by atoms with Crippen molar-refractivity contribution in [2.75, 3.05) is 10.6 Å². The Labute approximate surface area is 203 Å². The van der Waals surface area contributed by atoms with Gasteiger partial charge in [0.2, 0.25) is 10.0 Å². The summed E-state index contributed by atoms with van der Waals surface area (Å²) in [4.78, 5) is 12.8. The third-order valence-electron chi connectivity index (χ3n) is 5.89. The first kappa shape index (κ1) is 25.5. The Kier molecular flexibility index (Phi) is 7.51. The predicted molar refractivity (Wildman–Crippen MR) is 140 cm³/mol. The summed E-state index contributed by atoms with van der Waals surface area (Å²) in [5.41, 5.74) is 5.35. The lowest BCUT2D eigenvalue weighted by Gasteiger charge is -2.23. The molecule has 0 aliphatic carbocycles. The standard InChI is InChI=1S/C28H34N2O3S/c1-20-7-9-22(10-8-20)19-30(34(6,32)33)26-17-13-24(14-18-26)27(31)29-21(2)23-11-15-25(16-12-23)28(3,4)5/h7-18,21H,19H2,1-6H3,(H,29,31)/t21-/m1/s1. The molecule has 1 N–H and O–H groups in total. The average Bonchev–Trinajstić information content (AvgIpc) is 2.77. The van der Waals surface area contributed by atoms with Crippen molar-refractivity contribution in [3.63, 3.8) is 0 Å². The molecule has 1 atom stereocenters. The van der Waals surface area contributed by atoms with Crippen LogP contribution in [-0.2, 0) is 22.0 Å². The van der Waals surface area contributed by atoms with Crippen molar-refractivity contribution in [2.24, 2.45) is 0 Å². The molecule has 3 aromatic rings. The van der Waals surface area contributed by atoms with Gasteiger partial charge in [0, 0.05) is 5.56 Å². The van der Waals surface area contributed by atoms with Gasteiger partial charge in [0.1, 0.15) is 0 Å². The highest BCUT2D eigenvalue weighted by Crippen LogP contribution is 2.25. The van der Waals surface area contributed by atoms with E-state index < -0.39 is 10.0 Å². The van der Waals surface area contributed by atoms with E-state index in [4.69, 9.17) is 0 Å². The van der Waals surface area contributed by atoms with Crippen LogP contribution in [0, 0.1) is 6.92 Å². The number of hydrogen-bond acceptors (Lipinski definition) is 3. The molecule has 0 saturated heterocycles. The van der Waals surface area contributed by atoms with Crippen molar-refractivity contribution in [1.29, 1.82) is 0 Å². The normalized spacial score (nSPS) is 12.8. The first-order valence-electron chi connectivity index (χ1n) is 11.4. The van der Waals surface area contributed by atoms with Gasteiger partial charge in [0.15, 0.2) is 0 Å². The molecule has 0 spiro atoms. The van der Waals surface area contributed by atoms with E-state index in [1.807, 2.05) is 50.2 Å². The molecule has 0 fully saturated rings.